The lowest BCUT2D eigenvalue weighted by molar-refractivity contribution is -0.0411. The van der Waals surface area contributed by atoms with E-state index in [1.165, 1.54) is 38.5 Å². The largest absolute Gasteiger partial charge is 0.384 e. The van der Waals surface area contributed by atoms with E-state index in [2.05, 4.69) is 9.80 Å². The third-order valence-electron chi connectivity index (χ3n) is 7.37. The highest BCUT2D eigenvalue weighted by Gasteiger charge is 2.44. The molecule has 0 spiro atoms. The van der Waals surface area contributed by atoms with Crippen LogP contribution in [-0.4, -0.2) is 60.0 Å². The molecule has 0 amide bonds. The summed E-state index contributed by atoms with van der Waals surface area (Å²) < 4.78 is 0. The molecule has 2 aromatic rings. The zero-order valence-corrected chi connectivity index (χ0v) is 19.3. The van der Waals surface area contributed by atoms with Crippen LogP contribution in [0, 0.1) is 5.92 Å². The van der Waals surface area contributed by atoms with Gasteiger partial charge in [0.25, 0.3) is 0 Å². The Hall–Kier alpha value is -2.01. The maximum absolute atomic E-state index is 13.9. The number of carbonyl (C=O) groups excluding carboxylic acids is 1. The van der Waals surface area contributed by atoms with Crippen molar-refractivity contribution in [3.05, 3.63) is 71.8 Å². The minimum atomic E-state index is -1.19. The third-order valence-corrected chi connectivity index (χ3v) is 7.37. The molecule has 1 N–H and O–H groups in total. The van der Waals surface area contributed by atoms with Gasteiger partial charge in [-0.05, 0) is 63.8 Å². The van der Waals surface area contributed by atoms with Crippen LogP contribution in [0.15, 0.2) is 60.7 Å². The highest BCUT2D eigenvalue weighted by molar-refractivity contribution is 5.98. The smallest absolute Gasteiger partial charge is 0.170 e. The van der Waals surface area contributed by atoms with Gasteiger partial charge in [-0.15, -0.1) is 0 Å². The Balaban J connectivity index is 1.66. The predicted octanol–water partition coefficient (Wildman–Crippen LogP) is 4.74. The second kappa shape index (κ2) is 11.2. The molecule has 172 valence electrons. The van der Waals surface area contributed by atoms with Gasteiger partial charge in [-0.3, -0.25) is 4.79 Å². The van der Waals surface area contributed by atoms with Crippen LogP contribution < -0.4 is 0 Å². The van der Waals surface area contributed by atoms with E-state index < -0.39 is 11.5 Å². The van der Waals surface area contributed by atoms with Crippen LogP contribution >= 0.6 is 0 Å². The van der Waals surface area contributed by atoms with Crippen LogP contribution in [0.5, 0.6) is 0 Å². The van der Waals surface area contributed by atoms with E-state index in [4.69, 9.17) is 0 Å². The van der Waals surface area contributed by atoms with Crippen molar-refractivity contribution in [3.63, 3.8) is 0 Å². The fourth-order valence-corrected chi connectivity index (χ4v) is 5.41. The summed E-state index contributed by atoms with van der Waals surface area (Å²) in [4.78, 5) is 18.7. The van der Waals surface area contributed by atoms with Crippen LogP contribution in [0.4, 0.5) is 0 Å². The molecule has 32 heavy (non-hydrogen) atoms. The summed E-state index contributed by atoms with van der Waals surface area (Å²) in [6.45, 7) is 5.64. The number of likely N-dealkylation sites (tertiary alicyclic amines) is 2. The van der Waals surface area contributed by atoms with E-state index >= 15 is 0 Å². The monoisotopic (exact) mass is 434 g/mol. The number of hydrogen-bond donors (Lipinski definition) is 1. The van der Waals surface area contributed by atoms with Crippen molar-refractivity contribution in [1.82, 2.24) is 9.80 Å². The normalized spacial score (nSPS) is 21.0. The topological polar surface area (TPSA) is 43.8 Å². The Morgan fingerprint density at radius 3 is 1.91 bits per heavy atom. The summed E-state index contributed by atoms with van der Waals surface area (Å²) in [6.07, 6.45) is 7.92. The summed E-state index contributed by atoms with van der Waals surface area (Å²) in [5.74, 6) is -0.434. The average molecular weight is 435 g/mol. The Kier molecular flexibility index (Phi) is 8.12. The van der Waals surface area contributed by atoms with Crippen molar-refractivity contribution in [2.75, 3.05) is 39.3 Å². The fourth-order valence-electron chi connectivity index (χ4n) is 5.41. The SMILES string of the molecule is O=C(c1ccccc1)C(CN1CCCCC1)C(O)(CCN1CCCCC1)c1ccccc1. The average Bonchev–Trinajstić information content (AvgIpc) is 2.88. The molecule has 2 saturated heterocycles. The lowest BCUT2D eigenvalue weighted by Gasteiger charge is -2.41. The molecule has 0 bridgehead atoms. The molecule has 2 unspecified atom stereocenters. The Bertz CT molecular complexity index is 829. The molecule has 4 heteroatoms. The van der Waals surface area contributed by atoms with Gasteiger partial charge in [-0.2, -0.15) is 0 Å². The summed E-state index contributed by atoms with van der Waals surface area (Å²) in [5, 5.41) is 12.4. The lowest BCUT2D eigenvalue weighted by atomic mass is 9.74. The van der Waals surface area contributed by atoms with Crippen LogP contribution in [0.3, 0.4) is 0 Å². The number of Topliss-reactive ketones (excluding diaryl/α,β-unsaturated/α-hetero) is 1. The summed E-state index contributed by atoms with van der Waals surface area (Å²) >= 11 is 0. The van der Waals surface area contributed by atoms with Gasteiger partial charge >= 0.3 is 0 Å². The zero-order valence-electron chi connectivity index (χ0n) is 19.3. The first kappa shape index (κ1) is 23.2. The molecule has 2 aromatic carbocycles. The van der Waals surface area contributed by atoms with Gasteiger partial charge in [0.15, 0.2) is 5.78 Å². The second-order valence-corrected chi connectivity index (χ2v) is 9.59. The predicted molar refractivity (Wildman–Crippen MR) is 130 cm³/mol. The van der Waals surface area contributed by atoms with Crippen molar-refractivity contribution in [3.8, 4) is 0 Å². The van der Waals surface area contributed by atoms with E-state index in [0.29, 0.717) is 18.5 Å². The second-order valence-electron chi connectivity index (χ2n) is 9.59. The third kappa shape index (κ3) is 5.67. The zero-order chi connectivity index (χ0) is 22.2. The standard InChI is InChI=1S/C28H38N2O2/c31-27(24-13-5-1-6-14-24)26(23-30-20-11-4-12-21-30)28(32,25-15-7-2-8-16-25)17-22-29-18-9-3-10-19-29/h1-2,5-8,13-16,26,32H,3-4,9-12,17-23H2. The van der Waals surface area contributed by atoms with Gasteiger partial charge in [0.1, 0.15) is 5.60 Å². The number of ketones is 1. The number of benzene rings is 2. The maximum Gasteiger partial charge on any atom is 0.170 e. The van der Waals surface area contributed by atoms with Crippen molar-refractivity contribution >= 4 is 5.78 Å². The summed E-state index contributed by atoms with van der Waals surface area (Å²) in [5.41, 5.74) is 0.369. The van der Waals surface area contributed by atoms with Gasteiger partial charge in [0.05, 0.1) is 5.92 Å². The van der Waals surface area contributed by atoms with Gasteiger partial charge in [-0.1, -0.05) is 73.5 Å². The highest BCUT2D eigenvalue weighted by atomic mass is 16.3. The first-order chi connectivity index (χ1) is 15.7. The summed E-state index contributed by atoms with van der Waals surface area (Å²) in [6, 6.07) is 19.5. The van der Waals surface area contributed by atoms with Gasteiger partial charge < -0.3 is 14.9 Å². The molecule has 0 saturated carbocycles. The maximum atomic E-state index is 13.9. The van der Waals surface area contributed by atoms with Gasteiger partial charge in [-0.25, -0.2) is 0 Å². The van der Waals surface area contributed by atoms with E-state index in [1.54, 1.807) is 0 Å². The van der Waals surface area contributed by atoms with E-state index in [0.717, 1.165) is 38.3 Å². The fraction of sp³-hybridized carbons (Fsp3) is 0.536. The van der Waals surface area contributed by atoms with Crippen molar-refractivity contribution < 1.29 is 9.90 Å². The molecular formula is C28H38N2O2. The van der Waals surface area contributed by atoms with E-state index in [9.17, 15) is 9.90 Å². The van der Waals surface area contributed by atoms with Crippen LogP contribution in [-0.2, 0) is 5.60 Å². The van der Waals surface area contributed by atoms with Crippen LogP contribution in [0.25, 0.3) is 0 Å². The number of hydrogen-bond acceptors (Lipinski definition) is 4. The Labute approximate surface area is 193 Å². The first-order valence-corrected chi connectivity index (χ1v) is 12.5. The van der Waals surface area contributed by atoms with Crippen molar-refractivity contribution in [2.45, 2.75) is 50.5 Å². The molecule has 2 fully saturated rings. The van der Waals surface area contributed by atoms with Crippen LogP contribution in [0.1, 0.15) is 60.9 Å². The molecular weight excluding hydrogens is 396 g/mol. The van der Waals surface area contributed by atoms with E-state index in [1.807, 2.05) is 60.7 Å². The Morgan fingerprint density at radius 1 is 0.781 bits per heavy atom. The van der Waals surface area contributed by atoms with Crippen LogP contribution in [0.2, 0.25) is 0 Å². The number of aliphatic hydroxyl groups is 1. The Morgan fingerprint density at radius 2 is 1.31 bits per heavy atom. The summed E-state index contributed by atoms with van der Waals surface area (Å²) in [7, 11) is 0. The number of rotatable bonds is 9. The molecule has 0 radical (unpaired) electrons. The highest BCUT2D eigenvalue weighted by Crippen LogP contribution is 2.37. The number of carbonyl (C=O) groups is 1. The quantitative estimate of drug-likeness (QED) is 0.579. The van der Waals surface area contributed by atoms with Crippen molar-refractivity contribution in [1.29, 1.82) is 0 Å². The van der Waals surface area contributed by atoms with Crippen molar-refractivity contribution in [2.24, 2.45) is 5.92 Å². The molecule has 4 nitrogen and oxygen atoms in total. The number of nitrogens with zero attached hydrogens (tertiary/aromatic N) is 2. The molecule has 0 aromatic heterocycles. The molecule has 4 rings (SSSR count). The number of piperidine rings is 2. The molecule has 2 aliphatic rings. The molecule has 2 atom stereocenters. The van der Waals surface area contributed by atoms with Gasteiger partial charge in [0.2, 0.25) is 0 Å². The van der Waals surface area contributed by atoms with Gasteiger partial charge in [0, 0.05) is 18.7 Å². The first-order valence-electron chi connectivity index (χ1n) is 12.5. The molecule has 2 heterocycles. The minimum absolute atomic E-state index is 0.0566. The molecule has 2 aliphatic heterocycles. The van der Waals surface area contributed by atoms with E-state index in [-0.39, 0.29) is 5.78 Å². The molecule has 0 aliphatic carbocycles. The lowest BCUT2D eigenvalue weighted by Crippen LogP contribution is -2.49. The minimum Gasteiger partial charge on any atom is -0.384 e.